The van der Waals surface area contributed by atoms with Crippen molar-refractivity contribution >= 4 is 17.4 Å². The molecule has 0 spiro atoms. The zero-order valence-electron chi connectivity index (χ0n) is 10.7. The van der Waals surface area contributed by atoms with Crippen molar-refractivity contribution in [1.82, 2.24) is 0 Å². The van der Waals surface area contributed by atoms with Crippen molar-refractivity contribution < 1.29 is 9.13 Å². The molecule has 20 heavy (non-hydrogen) atoms. The first kappa shape index (κ1) is 14.5. The SMILES string of the molecule is N=C(N)c1ccc(COCc2ccccc2F)c(Cl)c1. The molecule has 0 fully saturated rings. The first-order chi connectivity index (χ1) is 9.58. The summed E-state index contributed by atoms with van der Waals surface area (Å²) < 4.78 is 18.9. The summed E-state index contributed by atoms with van der Waals surface area (Å²) in [6.07, 6.45) is 0. The summed E-state index contributed by atoms with van der Waals surface area (Å²) in [5.74, 6) is -0.323. The maximum absolute atomic E-state index is 13.4. The van der Waals surface area contributed by atoms with Gasteiger partial charge >= 0.3 is 0 Å². The Kier molecular flexibility index (Phi) is 4.71. The van der Waals surface area contributed by atoms with E-state index in [1.54, 1.807) is 36.4 Å². The maximum atomic E-state index is 13.4. The van der Waals surface area contributed by atoms with Crippen LogP contribution in [0.3, 0.4) is 0 Å². The van der Waals surface area contributed by atoms with Crippen LogP contribution in [0.4, 0.5) is 4.39 Å². The molecule has 0 heterocycles. The molecule has 3 N–H and O–H groups in total. The van der Waals surface area contributed by atoms with Crippen molar-refractivity contribution in [2.75, 3.05) is 0 Å². The molecule has 0 aliphatic carbocycles. The van der Waals surface area contributed by atoms with Crippen LogP contribution in [0.5, 0.6) is 0 Å². The smallest absolute Gasteiger partial charge is 0.128 e. The number of hydrogen-bond donors (Lipinski definition) is 2. The van der Waals surface area contributed by atoms with E-state index in [1.165, 1.54) is 6.07 Å². The van der Waals surface area contributed by atoms with Gasteiger partial charge in [-0.25, -0.2) is 4.39 Å². The first-order valence-electron chi connectivity index (χ1n) is 6.02. The molecular formula is C15H14ClFN2O. The van der Waals surface area contributed by atoms with Gasteiger partial charge in [0.25, 0.3) is 0 Å². The average Bonchev–Trinajstić information content (AvgIpc) is 2.42. The normalized spacial score (nSPS) is 10.5. The van der Waals surface area contributed by atoms with Crippen molar-refractivity contribution in [2.45, 2.75) is 13.2 Å². The highest BCUT2D eigenvalue weighted by Crippen LogP contribution is 2.19. The third kappa shape index (κ3) is 3.56. The summed E-state index contributed by atoms with van der Waals surface area (Å²) >= 11 is 6.08. The largest absolute Gasteiger partial charge is 0.384 e. The molecule has 0 atom stereocenters. The van der Waals surface area contributed by atoms with Crippen molar-refractivity contribution in [3.63, 3.8) is 0 Å². The van der Waals surface area contributed by atoms with Crippen LogP contribution in [-0.2, 0) is 18.0 Å². The summed E-state index contributed by atoms with van der Waals surface area (Å²) in [5.41, 5.74) is 7.22. The molecule has 0 aliphatic heterocycles. The van der Waals surface area contributed by atoms with Crippen molar-refractivity contribution in [3.8, 4) is 0 Å². The zero-order valence-corrected chi connectivity index (χ0v) is 11.5. The van der Waals surface area contributed by atoms with Crippen molar-refractivity contribution in [1.29, 1.82) is 5.41 Å². The van der Waals surface area contributed by atoms with Crippen LogP contribution in [0.2, 0.25) is 5.02 Å². The molecule has 0 saturated heterocycles. The third-order valence-electron chi connectivity index (χ3n) is 2.84. The van der Waals surface area contributed by atoms with E-state index in [-0.39, 0.29) is 24.9 Å². The third-order valence-corrected chi connectivity index (χ3v) is 3.19. The molecule has 0 radical (unpaired) electrons. The van der Waals surface area contributed by atoms with Crippen LogP contribution >= 0.6 is 11.6 Å². The molecule has 0 saturated carbocycles. The lowest BCUT2D eigenvalue weighted by Gasteiger charge is -2.08. The van der Waals surface area contributed by atoms with Gasteiger partial charge in [0, 0.05) is 16.1 Å². The van der Waals surface area contributed by atoms with E-state index in [0.717, 1.165) is 5.56 Å². The van der Waals surface area contributed by atoms with Gasteiger partial charge in [0.05, 0.1) is 13.2 Å². The first-order valence-corrected chi connectivity index (χ1v) is 6.39. The highest BCUT2D eigenvalue weighted by Gasteiger charge is 2.05. The fourth-order valence-corrected chi connectivity index (χ4v) is 1.95. The van der Waals surface area contributed by atoms with Crippen LogP contribution in [0, 0.1) is 11.2 Å². The standard InChI is InChI=1S/C15H14ClFN2O/c16-13-7-10(15(18)19)5-6-11(13)8-20-9-12-3-1-2-4-14(12)17/h1-7H,8-9H2,(H3,18,19). The number of rotatable bonds is 5. The van der Waals surface area contributed by atoms with Gasteiger partial charge in [0.15, 0.2) is 0 Å². The Morgan fingerprint density at radius 1 is 1.15 bits per heavy atom. The molecule has 0 aliphatic rings. The lowest BCUT2D eigenvalue weighted by atomic mass is 10.1. The van der Waals surface area contributed by atoms with E-state index in [4.69, 9.17) is 27.5 Å². The highest BCUT2D eigenvalue weighted by molar-refractivity contribution is 6.31. The molecular weight excluding hydrogens is 279 g/mol. The zero-order chi connectivity index (χ0) is 14.5. The monoisotopic (exact) mass is 292 g/mol. The number of halogens is 2. The number of nitrogen functional groups attached to an aromatic ring is 1. The van der Waals surface area contributed by atoms with Crippen molar-refractivity contribution in [3.05, 3.63) is 70.0 Å². The minimum absolute atomic E-state index is 0.0364. The molecule has 0 unspecified atom stereocenters. The van der Waals surface area contributed by atoms with Gasteiger partial charge in [-0.2, -0.15) is 0 Å². The second-order valence-corrected chi connectivity index (χ2v) is 4.71. The van der Waals surface area contributed by atoms with E-state index >= 15 is 0 Å². The summed E-state index contributed by atoms with van der Waals surface area (Å²) in [6.45, 7) is 0.447. The lowest BCUT2D eigenvalue weighted by molar-refractivity contribution is 0.105. The van der Waals surface area contributed by atoms with E-state index in [0.29, 0.717) is 16.1 Å². The van der Waals surface area contributed by atoms with E-state index < -0.39 is 0 Å². The second kappa shape index (κ2) is 6.50. The topological polar surface area (TPSA) is 59.1 Å². The van der Waals surface area contributed by atoms with E-state index in [9.17, 15) is 4.39 Å². The molecule has 104 valence electrons. The Hall–Kier alpha value is -1.91. The molecule has 0 aromatic heterocycles. The van der Waals surface area contributed by atoms with Gasteiger partial charge in [-0.05, 0) is 17.7 Å². The lowest BCUT2D eigenvalue weighted by Crippen LogP contribution is -2.11. The van der Waals surface area contributed by atoms with Crippen LogP contribution in [-0.4, -0.2) is 5.84 Å². The maximum Gasteiger partial charge on any atom is 0.128 e. The Bertz CT molecular complexity index is 631. The van der Waals surface area contributed by atoms with Gasteiger partial charge in [-0.15, -0.1) is 0 Å². The second-order valence-electron chi connectivity index (χ2n) is 4.30. The summed E-state index contributed by atoms with van der Waals surface area (Å²) in [4.78, 5) is 0. The summed E-state index contributed by atoms with van der Waals surface area (Å²) in [6, 6.07) is 11.5. The molecule has 2 rings (SSSR count). The summed E-state index contributed by atoms with van der Waals surface area (Å²) in [7, 11) is 0. The van der Waals surface area contributed by atoms with Crippen LogP contribution < -0.4 is 5.73 Å². The number of ether oxygens (including phenoxy) is 1. The Labute approximate surface area is 121 Å². The predicted octanol–water partition coefficient (Wildman–Crippen LogP) is 3.48. The fraction of sp³-hybridized carbons (Fsp3) is 0.133. The van der Waals surface area contributed by atoms with E-state index in [1.807, 2.05) is 0 Å². The molecule has 2 aromatic carbocycles. The Morgan fingerprint density at radius 2 is 1.85 bits per heavy atom. The highest BCUT2D eigenvalue weighted by atomic mass is 35.5. The minimum atomic E-state index is -0.287. The van der Waals surface area contributed by atoms with Gasteiger partial charge in [-0.3, -0.25) is 5.41 Å². The van der Waals surface area contributed by atoms with Crippen molar-refractivity contribution in [2.24, 2.45) is 5.73 Å². The number of hydrogen-bond acceptors (Lipinski definition) is 2. The Balaban J connectivity index is 1.98. The quantitative estimate of drug-likeness (QED) is 0.655. The Morgan fingerprint density at radius 3 is 2.50 bits per heavy atom. The number of amidine groups is 1. The van der Waals surface area contributed by atoms with Crippen LogP contribution in [0.1, 0.15) is 16.7 Å². The number of nitrogens with one attached hydrogen (secondary N) is 1. The number of benzene rings is 2. The molecule has 2 aromatic rings. The molecule has 0 bridgehead atoms. The average molecular weight is 293 g/mol. The molecule has 0 amide bonds. The van der Waals surface area contributed by atoms with Crippen LogP contribution in [0.25, 0.3) is 0 Å². The molecule has 3 nitrogen and oxygen atoms in total. The number of nitrogens with two attached hydrogens (primary N) is 1. The summed E-state index contributed by atoms with van der Waals surface area (Å²) in [5, 5.41) is 7.80. The van der Waals surface area contributed by atoms with E-state index in [2.05, 4.69) is 0 Å². The van der Waals surface area contributed by atoms with Crippen LogP contribution in [0.15, 0.2) is 42.5 Å². The van der Waals surface area contributed by atoms with Gasteiger partial charge < -0.3 is 10.5 Å². The fourth-order valence-electron chi connectivity index (χ4n) is 1.72. The van der Waals surface area contributed by atoms with Gasteiger partial charge in [0.1, 0.15) is 11.7 Å². The molecule has 5 heteroatoms. The van der Waals surface area contributed by atoms with Gasteiger partial charge in [0.2, 0.25) is 0 Å². The minimum Gasteiger partial charge on any atom is -0.384 e. The predicted molar refractivity (Wildman–Crippen MR) is 77.4 cm³/mol. The van der Waals surface area contributed by atoms with Gasteiger partial charge in [-0.1, -0.05) is 41.9 Å².